The van der Waals surface area contributed by atoms with E-state index < -0.39 is 0 Å². The predicted octanol–water partition coefficient (Wildman–Crippen LogP) is 2.30. The first-order valence-corrected chi connectivity index (χ1v) is 6.56. The third-order valence-corrected chi connectivity index (χ3v) is 2.71. The predicted molar refractivity (Wildman–Crippen MR) is 64.9 cm³/mol. The van der Waals surface area contributed by atoms with Crippen molar-refractivity contribution in [2.24, 2.45) is 0 Å². The number of carbonyl (C=O) groups is 1. The average molecular weight is 244 g/mol. The summed E-state index contributed by atoms with van der Waals surface area (Å²) in [5.41, 5.74) is 0. The molecule has 1 aliphatic rings. The van der Waals surface area contributed by atoms with Gasteiger partial charge >= 0.3 is 0 Å². The Kier molecular flexibility index (Phi) is 7.40. The van der Waals surface area contributed by atoms with Crippen LogP contribution < -0.4 is 0 Å². The molecule has 0 N–H and O–H groups in total. The van der Waals surface area contributed by atoms with Crippen LogP contribution >= 0.6 is 0 Å². The molecule has 0 amide bonds. The van der Waals surface area contributed by atoms with Gasteiger partial charge in [0.1, 0.15) is 12.7 Å². The molecule has 1 fully saturated rings. The number of ketones is 1. The smallest absolute Gasteiger partial charge is 0.158 e. The van der Waals surface area contributed by atoms with Gasteiger partial charge in [0, 0.05) is 0 Å². The van der Waals surface area contributed by atoms with Crippen LogP contribution in [0.15, 0.2) is 0 Å². The first-order chi connectivity index (χ1) is 8.22. The molecule has 100 valence electrons. The quantitative estimate of drug-likeness (QED) is 0.584. The lowest BCUT2D eigenvalue weighted by atomic mass is 10.1. The molecule has 4 nitrogen and oxygen atoms in total. The molecule has 0 radical (unpaired) electrons. The fourth-order valence-corrected chi connectivity index (χ4v) is 1.82. The van der Waals surface area contributed by atoms with Gasteiger partial charge in [-0.2, -0.15) is 0 Å². The van der Waals surface area contributed by atoms with Crippen molar-refractivity contribution in [3.8, 4) is 0 Å². The zero-order chi connectivity index (χ0) is 12.5. The molecule has 17 heavy (non-hydrogen) atoms. The molecular weight excluding hydrogens is 220 g/mol. The molecule has 2 atom stereocenters. The van der Waals surface area contributed by atoms with E-state index in [0.717, 1.165) is 12.8 Å². The highest BCUT2D eigenvalue weighted by Crippen LogP contribution is 2.17. The molecule has 0 aromatic carbocycles. The fourth-order valence-electron chi connectivity index (χ4n) is 1.82. The van der Waals surface area contributed by atoms with Gasteiger partial charge in [-0.15, -0.1) is 0 Å². The second-order valence-corrected chi connectivity index (χ2v) is 4.59. The monoisotopic (exact) mass is 244 g/mol. The molecule has 1 rings (SSSR count). The van der Waals surface area contributed by atoms with Crippen LogP contribution in [0.5, 0.6) is 0 Å². The Morgan fingerprint density at radius 1 is 1.35 bits per heavy atom. The molecular formula is C13H24O4. The molecule has 1 saturated heterocycles. The van der Waals surface area contributed by atoms with Crippen molar-refractivity contribution in [1.82, 2.24) is 0 Å². The summed E-state index contributed by atoms with van der Waals surface area (Å²) in [6, 6.07) is 0. The summed E-state index contributed by atoms with van der Waals surface area (Å²) >= 11 is 0. The van der Waals surface area contributed by atoms with Crippen LogP contribution in [0, 0.1) is 0 Å². The molecule has 2 unspecified atom stereocenters. The van der Waals surface area contributed by atoms with Crippen LogP contribution in [0.1, 0.15) is 46.0 Å². The van der Waals surface area contributed by atoms with Crippen molar-refractivity contribution in [3.05, 3.63) is 0 Å². The summed E-state index contributed by atoms with van der Waals surface area (Å²) in [6.07, 6.45) is 5.79. The maximum absolute atomic E-state index is 10.7. The first-order valence-electron chi connectivity index (χ1n) is 6.56. The van der Waals surface area contributed by atoms with Crippen LogP contribution in [-0.4, -0.2) is 38.0 Å². The van der Waals surface area contributed by atoms with Gasteiger partial charge in [-0.1, -0.05) is 26.2 Å². The van der Waals surface area contributed by atoms with Crippen LogP contribution in [0.3, 0.4) is 0 Å². The maximum Gasteiger partial charge on any atom is 0.158 e. The van der Waals surface area contributed by atoms with Gasteiger partial charge in [0.25, 0.3) is 0 Å². The molecule has 0 bridgehead atoms. The van der Waals surface area contributed by atoms with E-state index in [4.69, 9.17) is 14.2 Å². The minimum absolute atomic E-state index is 0.00877. The highest BCUT2D eigenvalue weighted by molar-refractivity contribution is 5.76. The van der Waals surface area contributed by atoms with Crippen molar-refractivity contribution in [2.75, 3.05) is 19.8 Å². The van der Waals surface area contributed by atoms with Crippen LogP contribution in [0.25, 0.3) is 0 Å². The Morgan fingerprint density at radius 2 is 2.18 bits per heavy atom. The van der Waals surface area contributed by atoms with Crippen molar-refractivity contribution < 1.29 is 19.0 Å². The zero-order valence-corrected chi connectivity index (χ0v) is 10.9. The highest BCUT2D eigenvalue weighted by Gasteiger charge is 2.25. The number of hydrogen-bond donors (Lipinski definition) is 0. The second-order valence-electron chi connectivity index (χ2n) is 4.59. The lowest BCUT2D eigenvalue weighted by Gasteiger charge is -2.11. The van der Waals surface area contributed by atoms with E-state index >= 15 is 0 Å². The number of unbranched alkanes of at least 4 members (excludes halogenated alkanes) is 3. The number of ether oxygens (including phenoxy) is 3. The van der Waals surface area contributed by atoms with E-state index in [0.29, 0.717) is 13.2 Å². The number of Topliss-reactive ketones (excluding diaryl/α,β-unsaturated/α-hetero) is 1. The molecule has 0 aliphatic carbocycles. The third-order valence-electron chi connectivity index (χ3n) is 2.71. The third kappa shape index (κ3) is 6.76. The standard InChI is InChI=1S/C13H24O4/c1-3-4-5-6-7-13-16-10-12(17-13)9-15-8-11(2)14/h12-13H,3-10H2,1-2H3. The summed E-state index contributed by atoms with van der Waals surface area (Å²) in [6.45, 7) is 4.91. The molecule has 0 aromatic heterocycles. The van der Waals surface area contributed by atoms with Gasteiger partial charge in [-0.3, -0.25) is 4.79 Å². The Hall–Kier alpha value is -0.450. The normalized spacial score (nSPS) is 24.1. The highest BCUT2D eigenvalue weighted by atomic mass is 16.7. The fraction of sp³-hybridized carbons (Fsp3) is 0.923. The Morgan fingerprint density at radius 3 is 2.88 bits per heavy atom. The Balaban J connectivity index is 2.00. The average Bonchev–Trinajstić information content (AvgIpc) is 2.72. The summed E-state index contributed by atoms with van der Waals surface area (Å²) in [7, 11) is 0. The summed E-state index contributed by atoms with van der Waals surface area (Å²) in [5, 5.41) is 0. The minimum Gasteiger partial charge on any atom is -0.371 e. The second kappa shape index (κ2) is 8.61. The van der Waals surface area contributed by atoms with E-state index in [1.807, 2.05) is 0 Å². The van der Waals surface area contributed by atoms with Crippen molar-refractivity contribution in [2.45, 2.75) is 58.3 Å². The summed E-state index contributed by atoms with van der Waals surface area (Å²) < 4.78 is 16.4. The van der Waals surface area contributed by atoms with Crippen molar-refractivity contribution >= 4 is 5.78 Å². The maximum atomic E-state index is 10.7. The molecule has 0 aromatic rings. The number of carbonyl (C=O) groups excluding carboxylic acids is 1. The first kappa shape index (κ1) is 14.6. The van der Waals surface area contributed by atoms with Crippen LogP contribution in [-0.2, 0) is 19.0 Å². The lowest BCUT2D eigenvalue weighted by molar-refractivity contribution is -0.123. The van der Waals surface area contributed by atoms with Crippen molar-refractivity contribution in [3.63, 3.8) is 0 Å². The Bertz CT molecular complexity index is 217. The van der Waals surface area contributed by atoms with Gasteiger partial charge in [0.2, 0.25) is 0 Å². The SMILES string of the molecule is CCCCCCC1OCC(COCC(C)=O)O1. The van der Waals surface area contributed by atoms with Crippen molar-refractivity contribution in [1.29, 1.82) is 0 Å². The van der Waals surface area contributed by atoms with Gasteiger partial charge in [-0.25, -0.2) is 0 Å². The molecule has 1 heterocycles. The molecule has 1 aliphatic heterocycles. The molecule has 0 spiro atoms. The van der Waals surface area contributed by atoms with E-state index in [1.54, 1.807) is 0 Å². The topological polar surface area (TPSA) is 44.8 Å². The van der Waals surface area contributed by atoms with Gasteiger partial charge in [0.15, 0.2) is 12.1 Å². The zero-order valence-electron chi connectivity index (χ0n) is 10.9. The summed E-state index contributed by atoms with van der Waals surface area (Å²) in [5.74, 6) is 0.0417. The summed E-state index contributed by atoms with van der Waals surface area (Å²) in [4.78, 5) is 10.7. The van der Waals surface area contributed by atoms with E-state index in [9.17, 15) is 4.79 Å². The van der Waals surface area contributed by atoms with Gasteiger partial charge in [-0.05, 0) is 19.8 Å². The Labute approximate surface area is 104 Å². The molecule has 4 heteroatoms. The minimum atomic E-state index is -0.0715. The van der Waals surface area contributed by atoms with E-state index in [2.05, 4.69) is 6.92 Å². The van der Waals surface area contributed by atoms with E-state index in [-0.39, 0.29) is 24.8 Å². The molecule has 0 saturated carbocycles. The number of hydrogen-bond acceptors (Lipinski definition) is 4. The number of rotatable bonds is 9. The lowest BCUT2D eigenvalue weighted by Crippen LogP contribution is -2.20. The van der Waals surface area contributed by atoms with Gasteiger partial charge < -0.3 is 14.2 Å². The largest absolute Gasteiger partial charge is 0.371 e. The van der Waals surface area contributed by atoms with Gasteiger partial charge in [0.05, 0.1) is 13.2 Å². The van der Waals surface area contributed by atoms with Crippen LogP contribution in [0.4, 0.5) is 0 Å². The van der Waals surface area contributed by atoms with Crippen LogP contribution in [0.2, 0.25) is 0 Å². The van der Waals surface area contributed by atoms with E-state index in [1.165, 1.54) is 26.2 Å².